The second-order valence-corrected chi connectivity index (χ2v) is 3.78. The van der Waals surface area contributed by atoms with Gasteiger partial charge in [0, 0.05) is 24.0 Å². The second-order valence-electron chi connectivity index (χ2n) is 3.78. The summed E-state index contributed by atoms with van der Waals surface area (Å²) in [5.74, 6) is -0.769. The number of nitrogens with one attached hydrogen (secondary N) is 2. The molecule has 0 saturated carbocycles. The summed E-state index contributed by atoms with van der Waals surface area (Å²) in [6, 6.07) is 8.60. The topological polar surface area (TPSA) is 91.2 Å². The number of ether oxygens (including phenoxy) is 1. The monoisotopic (exact) mass is 273 g/mol. The van der Waals surface area contributed by atoms with E-state index >= 15 is 0 Å². The number of amides is 1. The Hall–Kier alpha value is -2.81. The lowest BCUT2D eigenvalue weighted by Gasteiger charge is -2.05. The van der Waals surface area contributed by atoms with Crippen LogP contribution in [-0.2, 0) is 14.3 Å². The fraction of sp³-hybridized carbons (Fsp3) is 0.214. The Morgan fingerprint density at radius 2 is 1.90 bits per heavy atom. The Kier molecular flexibility index (Phi) is 5.78. The number of carbonyl (C=O) groups excluding carboxylic acids is 2. The molecule has 0 unspecified atom stereocenters. The summed E-state index contributed by atoms with van der Waals surface area (Å²) in [7, 11) is 1.21. The van der Waals surface area contributed by atoms with E-state index in [0.29, 0.717) is 17.8 Å². The van der Waals surface area contributed by atoms with Crippen molar-refractivity contribution in [1.82, 2.24) is 0 Å². The molecular formula is C14H15N3O3. The molecule has 6 nitrogen and oxygen atoms in total. The van der Waals surface area contributed by atoms with Gasteiger partial charge in [0.2, 0.25) is 5.91 Å². The van der Waals surface area contributed by atoms with Gasteiger partial charge in [0.05, 0.1) is 7.11 Å². The molecule has 2 N–H and O–H groups in total. The van der Waals surface area contributed by atoms with Gasteiger partial charge in [-0.15, -0.1) is 0 Å². The SMILES string of the molecule is CCC(=O)Nc1ccc(N/C=C(/C#N)C(=O)OC)cc1. The highest BCUT2D eigenvalue weighted by atomic mass is 16.5. The molecule has 0 radical (unpaired) electrons. The fourth-order valence-corrected chi connectivity index (χ4v) is 1.30. The molecule has 20 heavy (non-hydrogen) atoms. The minimum absolute atomic E-state index is 0.0666. The van der Waals surface area contributed by atoms with E-state index in [1.54, 1.807) is 37.3 Å². The number of anilines is 2. The number of nitriles is 1. The predicted octanol–water partition coefficient (Wildman–Crippen LogP) is 2.03. The molecule has 1 aromatic rings. The van der Waals surface area contributed by atoms with Gasteiger partial charge in [-0.3, -0.25) is 4.79 Å². The summed E-state index contributed by atoms with van der Waals surface area (Å²) in [6.45, 7) is 1.77. The molecule has 1 amide bonds. The highest BCUT2D eigenvalue weighted by Crippen LogP contribution is 2.14. The number of nitrogens with zero attached hydrogens (tertiary/aromatic N) is 1. The van der Waals surface area contributed by atoms with Crippen molar-refractivity contribution in [3.8, 4) is 6.07 Å². The first-order valence-corrected chi connectivity index (χ1v) is 5.95. The Morgan fingerprint density at radius 3 is 2.40 bits per heavy atom. The van der Waals surface area contributed by atoms with Gasteiger partial charge in [-0.1, -0.05) is 6.92 Å². The maximum absolute atomic E-state index is 11.2. The zero-order valence-corrected chi connectivity index (χ0v) is 11.3. The Bertz CT molecular complexity index is 556. The lowest BCUT2D eigenvalue weighted by molar-refractivity contribution is -0.135. The highest BCUT2D eigenvalue weighted by Gasteiger charge is 2.07. The molecule has 0 saturated heterocycles. The van der Waals surface area contributed by atoms with E-state index in [4.69, 9.17) is 5.26 Å². The van der Waals surface area contributed by atoms with Gasteiger partial charge in [-0.05, 0) is 24.3 Å². The largest absolute Gasteiger partial charge is 0.465 e. The van der Waals surface area contributed by atoms with E-state index in [1.165, 1.54) is 13.3 Å². The molecule has 0 aromatic heterocycles. The highest BCUT2D eigenvalue weighted by molar-refractivity contribution is 5.93. The number of benzene rings is 1. The minimum Gasteiger partial charge on any atom is -0.465 e. The Balaban J connectivity index is 2.71. The van der Waals surface area contributed by atoms with Crippen molar-refractivity contribution < 1.29 is 14.3 Å². The average molecular weight is 273 g/mol. The standard InChI is InChI=1S/C14H15N3O3/c1-3-13(18)17-12-6-4-11(5-7-12)16-9-10(8-15)14(19)20-2/h4-7,9,16H,3H2,1-2H3,(H,17,18)/b10-9-. The number of esters is 1. The molecule has 0 spiro atoms. The molecule has 0 fully saturated rings. The molecule has 1 rings (SSSR count). The number of methoxy groups -OCH3 is 1. The third kappa shape index (κ3) is 4.46. The van der Waals surface area contributed by atoms with Crippen LogP contribution < -0.4 is 10.6 Å². The van der Waals surface area contributed by atoms with Gasteiger partial charge < -0.3 is 15.4 Å². The average Bonchev–Trinajstić information content (AvgIpc) is 2.48. The summed E-state index contributed by atoms with van der Waals surface area (Å²) in [5.41, 5.74) is 1.23. The third-order valence-electron chi connectivity index (χ3n) is 2.40. The maximum atomic E-state index is 11.2. The van der Waals surface area contributed by atoms with E-state index in [9.17, 15) is 9.59 Å². The number of hydrogen-bond donors (Lipinski definition) is 2. The molecule has 104 valence electrons. The molecule has 0 heterocycles. The number of hydrogen-bond acceptors (Lipinski definition) is 5. The van der Waals surface area contributed by atoms with E-state index in [0.717, 1.165) is 0 Å². The first-order chi connectivity index (χ1) is 9.60. The quantitative estimate of drug-likeness (QED) is 0.486. The van der Waals surface area contributed by atoms with Crippen LogP contribution in [0.5, 0.6) is 0 Å². The lowest BCUT2D eigenvalue weighted by atomic mass is 10.2. The molecule has 6 heteroatoms. The van der Waals surface area contributed by atoms with E-state index in [2.05, 4.69) is 15.4 Å². The third-order valence-corrected chi connectivity index (χ3v) is 2.40. The first kappa shape index (κ1) is 15.2. The predicted molar refractivity (Wildman–Crippen MR) is 74.7 cm³/mol. The summed E-state index contributed by atoms with van der Waals surface area (Å²) in [6.07, 6.45) is 1.68. The molecule has 0 bridgehead atoms. The van der Waals surface area contributed by atoms with Gasteiger partial charge in [-0.25, -0.2) is 4.79 Å². The molecule has 0 aliphatic rings. The van der Waals surface area contributed by atoms with Crippen LogP contribution >= 0.6 is 0 Å². The van der Waals surface area contributed by atoms with Crippen LogP contribution in [0.3, 0.4) is 0 Å². The van der Waals surface area contributed by atoms with E-state index < -0.39 is 5.97 Å². The van der Waals surface area contributed by atoms with Crippen LogP contribution in [0.2, 0.25) is 0 Å². The second kappa shape index (κ2) is 7.59. The van der Waals surface area contributed by atoms with Crippen molar-refractivity contribution in [2.45, 2.75) is 13.3 Å². The van der Waals surface area contributed by atoms with Crippen molar-refractivity contribution in [2.75, 3.05) is 17.7 Å². The van der Waals surface area contributed by atoms with Crippen LogP contribution in [0.1, 0.15) is 13.3 Å². The van der Waals surface area contributed by atoms with Crippen LogP contribution in [0.15, 0.2) is 36.0 Å². The van der Waals surface area contributed by atoms with E-state index in [-0.39, 0.29) is 11.5 Å². The first-order valence-electron chi connectivity index (χ1n) is 5.95. The molecule has 0 atom stereocenters. The summed E-state index contributed by atoms with van der Waals surface area (Å²) in [5, 5.41) is 14.3. The fourth-order valence-electron chi connectivity index (χ4n) is 1.30. The van der Waals surface area contributed by atoms with Crippen LogP contribution in [0.4, 0.5) is 11.4 Å². The van der Waals surface area contributed by atoms with Crippen molar-refractivity contribution in [1.29, 1.82) is 5.26 Å². The minimum atomic E-state index is -0.702. The van der Waals surface area contributed by atoms with Gasteiger partial charge >= 0.3 is 5.97 Å². The molecule has 0 aliphatic carbocycles. The molecule has 0 aliphatic heterocycles. The smallest absolute Gasteiger partial charge is 0.350 e. The normalized spacial score (nSPS) is 10.3. The molecular weight excluding hydrogens is 258 g/mol. The van der Waals surface area contributed by atoms with Crippen molar-refractivity contribution >= 4 is 23.3 Å². The number of rotatable bonds is 5. The summed E-state index contributed by atoms with van der Waals surface area (Å²) < 4.78 is 4.45. The maximum Gasteiger partial charge on any atom is 0.350 e. The zero-order valence-electron chi connectivity index (χ0n) is 11.3. The van der Waals surface area contributed by atoms with Gasteiger partial charge in [-0.2, -0.15) is 5.26 Å². The number of carbonyl (C=O) groups is 2. The lowest BCUT2D eigenvalue weighted by Crippen LogP contribution is -2.09. The van der Waals surface area contributed by atoms with Gasteiger partial charge in [0.1, 0.15) is 6.07 Å². The Labute approximate surface area is 117 Å². The van der Waals surface area contributed by atoms with Crippen LogP contribution in [-0.4, -0.2) is 19.0 Å². The van der Waals surface area contributed by atoms with Crippen molar-refractivity contribution in [3.05, 3.63) is 36.0 Å². The Morgan fingerprint density at radius 1 is 1.30 bits per heavy atom. The van der Waals surface area contributed by atoms with Crippen molar-refractivity contribution in [3.63, 3.8) is 0 Å². The summed E-state index contributed by atoms with van der Waals surface area (Å²) in [4.78, 5) is 22.4. The van der Waals surface area contributed by atoms with Gasteiger partial charge in [0.15, 0.2) is 5.57 Å². The van der Waals surface area contributed by atoms with Crippen LogP contribution in [0.25, 0.3) is 0 Å². The molecule has 1 aromatic carbocycles. The van der Waals surface area contributed by atoms with Gasteiger partial charge in [0.25, 0.3) is 0 Å². The van der Waals surface area contributed by atoms with Crippen LogP contribution in [0, 0.1) is 11.3 Å². The zero-order chi connectivity index (χ0) is 15.0. The van der Waals surface area contributed by atoms with E-state index in [1.807, 2.05) is 0 Å². The van der Waals surface area contributed by atoms with Crippen molar-refractivity contribution in [2.24, 2.45) is 0 Å². The summed E-state index contributed by atoms with van der Waals surface area (Å²) >= 11 is 0.